The van der Waals surface area contributed by atoms with Gasteiger partial charge in [0.05, 0.1) is 0 Å². The molecule has 0 fully saturated rings. The summed E-state index contributed by atoms with van der Waals surface area (Å²) in [7, 11) is 0. The van der Waals surface area contributed by atoms with Crippen molar-refractivity contribution in [2.24, 2.45) is 0 Å². The minimum Gasteiger partial charge on any atom is -0.341 e. The smallest absolute Gasteiger partial charge is 0.150 e. The molecule has 2 aromatic rings. The van der Waals surface area contributed by atoms with E-state index in [2.05, 4.69) is 42.2 Å². The Bertz CT molecular complexity index is 563. The Balaban J connectivity index is 2.36. The standard InChI is InChI=1S/C18H21NO/c1-3-4-12-19(17-8-6-5-7-9-17)18-11-10-16(14-20)15(2)13-18/h5-11,13-14H,3-4,12H2,1-2H3. The van der Waals surface area contributed by atoms with Gasteiger partial charge >= 0.3 is 0 Å². The first kappa shape index (κ1) is 14.3. The zero-order valence-corrected chi connectivity index (χ0v) is 12.2. The molecule has 0 saturated carbocycles. The van der Waals surface area contributed by atoms with Gasteiger partial charge in [-0.05, 0) is 49.2 Å². The number of rotatable bonds is 6. The molecule has 2 rings (SSSR count). The van der Waals surface area contributed by atoms with Crippen molar-refractivity contribution in [1.82, 2.24) is 0 Å². The lowest BCUT2D eigenvalue weighted by Crippen LogP contribution is -2.18. The van der Waals surface area contributed by atoms with E-state index in [-0.39, 0.29) is 0 Å². The van der Waals surface area contributed by atoms with Crippen LogP contribution in [0.5, 0.6) is 0 Å². The second kappa shape index (κ2) is 6.90. The molecule has 0 saturated heterocycles. The van der Waals surface area contributed by atoms with Crippen molar-refractivity contribution in [2.75, 3.05) is 11.4 Å². The topological polar surface area (TPSA) is 20.3 Å². The summed E-state index contributed by atoms with van der Waals surface area (Å²) in [4.78, 5) is 13.2. The second-order valence-electron chi connectivity index (χ2n) is 5.00. The van der Waals surface area contributed by atoms with Gasteiger partial charge in [0.2, 0.25) is 0 Å². The zero-order valence-electron chi connectivity index (χ0n) is 12.2. The lowest BCUT2D eigenvalue weighted by atomic mass is 10.1. The summed E-state index contributed by atoms with van der Waals surface area (Å²) in [6.07, 6.45) is 3.22. The zero-order chi connectivity index (χ0) is 14.4. The van der Waals surface area contributed by atoms with Gasteiger partial charge in [0, 0.05) is 23.5 Å². The van der Waals surface area contributed by atoms with Crippen molar-refractivity contribution in [3.05, 3.63) is 59.7 Å². The molecular weight excluding hydrogens is 246 g/mol. The van der Waals surface area contributed by atoms with Crippen LogP contribution < -0.4 is 4.90 Å². The first-order valence-corrected chi connectivity index (χ1v) is 7.14. The molecule has 0 N–H and O–H groups in total. The predicted molar refractivity (Wildman–Crippen MR) is 84.9 cm³/mol. The van der Waals surface area contributed by atoms with E-state index >= 15 is 0 Å². The quantitative estimate of drug-likeness (QED) is 0.704. The average molecular weight is 267 g/mol. The summed E-state index contributed by atoms with van der Waals surface area (Å²) in [5.74, 6) is 0. The van der Waals surface area contributed by atoms with Gasteiger partial charge in [0.15, 0.2) is 0 Å². The van der Waals surface area contributed by atoms with Gasteiger partial charge in [0.25, 0.3) is 0 Å². The molecule has 0 aliphatic carbocycles. The number of aldehydes is 1. The van der Waals surface area contributed by atoms with Crippen molar-refractivity contribution in [3.63, 3.8) is 0 Å². The second-order valence-corrected chi connectivity index (χ2v) is 5.00. The molecule has 0 amide bonds. The van der Waals surface area contributed by atoms with E-state index in [0.29, 0.717) is 0 Å². The van der Waals surface area contributed by atoms with Crippen LogP contribution in [0.3, 0.4) is 0 Å². The van der Waals surface area contributed by atoms with E-state index in [1.807, 2.05) is 25.1 Å². The summed E-state index contributed by atoms with van der Waals surface area (Å²) >= 11 is 0. The molecule has 0 aromatic heterocycles. The molecule has 104 valence electrons. The van der Waals surface area contributed by atoms with Crippen LogP contribution in [-0.2, 0) is 0 Å². The van der Waals surface area contributed by atoms with Gasteiger partial charge < -0.3 is 4.90 Å². The third-order valence-electron chi connectivity index (χ3n) is 3.50. The predicted octanol–water partition coefficient (Wildman–Crippen LogP) is 4.75. The number of carbonyl (C=O) groups excluding carboxylic acids is 1. The minimum atomic E-state index is 0.761. The highest BCUT2D eigenvalue weighted by Crippen LogP contribution is 2.27. The number of unbranched alkanes of at least 4 members (excludes halogenated alkanes) is 1. The fourth-order valence-corrected chi connectivity index (χ4v) is 2.29. The first-order valence-electron chi connectivity index (χ1n) is 7.14. The molecule has 0 atom stereocenters. The number of hydrogen-bond acceptors (Lipinski definition) is 2. The molecule has 0 aliphatic rings. The molecule has 0 unspecified atom stereocenters. The SMILES string of the molecule is CCCCN(c1ccccc1)c1ccc(C=O)c(C)c1. The molecule has 0 bridgehead atoms. The molecule has 0 radical (unpaired) electrons. The highest BCUT2D eigenvalue weighted by molar-refractivity contribution is 5.79. The van der Waals surface area contributed by atoms with E-state index in [4.69, 9.17) is 0 Å². The lowest BCUT2D eigenvalue weighted by molar-refractivity contribution is 0.112. The van der Waals surface area contributed by atoms with E-state index in [1.165, 1.54) is 5.69 Å². The van der Waals surface area contributed by atoms with Gasteiger partial charge in [-0.15, -0.1) is 0 Å². The Morgan fingerprint density at radius 1 is 1.05 bits per heavy atom. The number of benzene rings is 2. The molecule has 2 nitrogen and oxygen atoms in total. The lowest BCUT2D eigenvalue weighted by Gasteiger charge is -2.25. The molecular formula is C18H21NO. The Morgan fingerprint density at radius 2 is 1.80 bits per heavy atom. The highest BCUT2D eigenvalue weighted by Gasteiger charge is 2.09. The first-order chi connectivity index (χ1) is 9.76. The van der Waals surface area contributed by atoms with E-state index in [1.54, 1.807) is 0 Å². The summed E-state index contributed by atoms with van der Waals surface area (Å²) in [5, 5.41) is 0. The Morgan fingerprint density at radius 3 is 2.40 bits per heavy atom. The van der Waals surface area contributed by atoms with Crippen molar-refractivity contribution in [2.45, 2.75) is 26.7 Å². The number of hydrogen-bond donors (Lipinski definition) is 0. The number of carbonyl (C=O) groups is 1. The normalized spacial score (nSPS) is 10.3. The number of aryl methyl sites for hydroxylation is 1. The van der Waals surface area contributed by atoms with Crippen LogP contribution >= 0.6 is 0 Å². The molecule has 20 heavy (non-hydrogen) atoms. The van der Waals surface area contributed by atoms with Crippen LogP contribution in [-0.4, -0.2) is 12.8 Å². The fraction of sp³-hybridized carbons (Fsp3) is 0.278. The maximum atomic E-state index is 10.9. The maximum Gasteiger partial charge on any atom is 0.150 e. The summed E-state index contributed by atoms with van der Waals surface area (Å²) < 4.78 is 0. The molecule has 2 heteroatoms. The summed E-state index contributed by atoms with van der Waals surface area (Å²) in [5.41, 5.74) is 4.12. The van der Waals surface area contributed by atoms with Crippen molar-refractivity contribution in [3.8, 4) is 0 Å². The van der Waals surface area contributed by atoms with Gasteiger partial charge in [-0.1, -0.05) is 31.5 Å². The number of anilines is 2. The Kier molecular flexibility index (Phi) is 4.94. The van der Waals surface area contributed by atoms with E-state index in [9.17, 15) is 4.79 Å². The average Bonchev–Trinajstić information content (AvgIpc) is 2.49. The number of nitrogens with zero attached hydrogens (tertiary/aromatic N) is 1. The fourth-order valence-electron chi connectivity index (χ4n) is 2.29. The largest absolute Gasteiger partial charge is 0.341 e. The summed E-state index contributed by atoms with van der Waals surface area (Å²) in [6, 6.07) is 16.4. The van der Waals surface area contributed by atoms with Crippen LogP contribution in [0.1, 0.15) is 35.7 Å². The molecule has 0 spiro atoms. The monoisotopic (exact) mass is 267 g/mol. The van der Waals surface area contributed by atoms with Crippen LogP contribution in [0.2, 0.25) is 0 Å². The third-order valence-corrected chi connectivity index (χ3v) is 3.50. The Hall–Kier alpha value is -2.09. The van der Waals surface area contributed by atoms with Gasteiger partial charge in [-0.2, -0.15) is 0 Å². The minimum absolute atomic E-state index is 0.761. The molecule has 2 aromatic carbocycles. The van der Waals surface area contributed by atoms with E-state index in [0.717, 1.165) is 42.5 Å². The highest BCUT2D eigenvalue weighted by atomic mass is 16.1. The van der Waals surface area contributed by atoms with Crippen molar-refractivity contribution >= 4 is 17.7 Å². The van der Waals surface area contributed by atoms with Crippen molar-refractivity contribution in [1.29, 1.82) is 0 Å². The Labute approximate surface area is 121 Å². The summed E-state index contributed by atoms with van der Waals surface area (Å²) in [6.45, 7) is 5.17. The van der Waals surface area contributed by atoms with Gasteiger partial charge in [-0.25, -0.2) is 0 Å². The molecule has 0 heterocycles. The third kappa shape index (κ3) is 3.27. The van der Waals surface area contributed by atoms with Crippen molar-refractivity contribution < 1.29 is 4.79 Å². The molecule has 0 aliphatic heterocycles. The van der Waals surface area contributed by atoms with Gasteiger partial charge in [0.1, 0.15) is 6.29 Å². The van der Waals surface area contributed by atoms with E-state index < -0.39 is 0 Å². The van der Waals surface area contributed by atoms with Crippen LogP contribution in [0, 0.1) is 6.92 Å². The van der Waals surface area contributed by atoms with Crippen LogP contribution in [0.15, 0.2) is 48.5 Å². The van der Waals surface area contributed by atoms with Crippen LogP contribution in [0.25, 0.3) is 0 Å². The van der Waals surface area contributed by atoms with Gasteiger partial charge in [-0.3, -0.25) is 4.79 Å². The maximum absolute atomic E-state index is 10.9. The number of para-hydroxylation sites is 1. The van der Waals surface area contributed by atoms with Crippen LogP contribution in [0.4, 0.5) is 11.4 Å².